The van der Waals surface area contributed by atoms with Gasteiger partial charge in [-0.3, -0.25) is 4.90 Å². The SMILES string of the molecule is CCCC(C)NC(=O)N1CCOc2c(C(=O)O)cccc21. The molecule has 1 atom stereocenters. The number of ether oxygens (including phenoxy) is 1. The third-order valence-corrected chi connectivity index (χ3v) is 3.41. The van der Waals surface area contributed by atoms with Crippen LogP contribution in [0, 0.1) is 0 Å². The Morgan fingerprint density at radius 3 is 2.90 bits per heavy atom. The van der Waals surface area contributed by atoms with Crippen LogP contribution in [0.25, 0.3) is 0 Å². The fourth-order valence-electron chi connectivity index (χ4n) is 2.42. The van der Waals surface area contributed by atoms with Crippen molar-refractivity contribution in [3.05, 3.63) is 23.8 Å². The zero-order valence-electron chi connectivity index (χ0n) is 12.3. The second-order valence-corrected chi connectivity index (χ2v) is 5.10. The molecule has 0 saturated carbocycles. The molecule has 0 bridgehead atoms. The number of fused-ring (bicyclic) bond motifs is 1. The summed E-state index contributed by atoms with van der Waals surface area (Å²) in [6, 6.07) is 4.65. The molecule has 1 heterocycles. The maximum absolute atomic E-state index is 12.3. The molecule has 0 fully saturated rings. The highest BCUT2D eigenvalue weighted by molar-refractivity contribution is 5.99. The fraction of sp³-hybridized carbons (Fsp3) is 0.467. The van der Waals surface area contributed by atoms with Crippen LogP contribution in [0.1, 0.15) is 37.0 Å². The molecule has 0 spiro atoms. The molecule has 1 aliphatic rings. The molecule has 0 aliphatic carbocycles. The summed E-state index contributed by atoms with van der Waals surface area (Å²) in [5, 5.41) is 12.1. The van der Waals surface area contributed by atoms with Gasteiger partial charge in [-0.05, 0) is 25.5 Å². The fourth-order valence-corrected chi connectivity index (χ4v) is 2.42. The molecular weight excluding hydrogens is 272 g/mol. The van der Waals surface area contributed by atoms with Gasteiger partial charge in [-0.15, -0.1) is 0 Å². The number of urea groups is 1. The number of nitrogens with one attached hydrogen (secondary N) is 1. The van der Waals surface area contributed by atoms with Crippen LogP contribution >= 0.6 is 0 Å². The lowest BCUT2D eigenvalue weighted by Gasteiger charge is -2.31. The minimum atomic E-state index is -1.06. The Hall–Kier alpha value is -2.24. The second kappa shape index (κ2) is 6.47. The Balaban J connectivity index is 2.24. The van der Waals surface area contributed by atoms with Gasteiger partial charge in [0.05, 0.1) is 12.2 Å². The Kier molecular flexibility index (Phi) is 4.67. The summed E-state index contributed by atoms with van der Waals surface area (Å²) < 4.78 is 5.45. The lowest BCUT2D eigenvalue weighted by Crippen LogP contribution is -2.47. The molecule has 2 N–H and O–H groups in total. The predicted octanol–water partition coefficient (Wildman–Crippen LogP) is 2.48. The minimum Gasteiger partial charge on any atom is -0.489 e. The summed E-state index contributed by atoms with van der Waals surface area (Å²) in [6.45, 7) is 4.70. The van der Waals surface area contributed by atoms with E-state index in [1.165, 1.54) is 11.0 Å². The van der Waals surface area contributed by atoms with Crippen LogP contribution in [0.5, 0.6) is 5.75 Å². The van der Waals surface area contributed by atoms with Crippen molar-refractivity contribution < 1.29 is 19.4 Å². The van der Waals surface area contributed by atoms with Crippen LogP contribution < -0.4 is 15.0 Å². The van der Waals surface area contributed by atoms with Crippen molar-refractivity contribution in [3.63, 3.8) is 0 Å². The van der Waals surface area contributed by atoms with E-state index in [-0.39, 0.29) is 30.0 Å². The first kappa shape index (κ1) is 15.2. The first-order chi connectivity index (χ1) is 10.0. The van der Waals surface area contributed by atoms with Crippen LogP contribution in [-0.2, 0) is 0 Å². The topological polar surface area (TPSA) is 78.9 Å². The number of hydrogen-bond donors (Lipinski definition) is 2. The van der Waals surface area contributed by atoms with Crippen LogP contribution in [0.3, 0.4) is 0 Å². The molecule has 2 amide bonds. The standard InChI is InChI=1S/C15H20N2O4/c1-3-5-10(2)16-15(20)17-8-9-21-13-11(14(18)19)6-4-7-12(13)17/h4,6-7,10H,3,5,8-9H2,1-2H3,(H,16,20)(H,18,19). The first-order valence-corrected chi connectivity index (χ1v) is 7.11. The summed E-state index contributed by atoms with van der Waals surface area (Å²) in [4.78, 5) is 25.1. The minimum absolute atomic E-state index is 0.0756. The quantitative estimate of drug-likeness (QED) is 0.893. The van der Waals surface area contributed by atoms with E-state index in [4.69, 9.17) is 4.74 Å². The number of amides is 2. The van der Waals surface area contributed by atoms with E-state index in [9.17, 15) is 14.7 Å². The monoisotopic (exact) mass is 292 g/mol. The first-order valence-electron chi connectivity index (χ1n) is 7.11. The summed E-state index contributed by atoms with van der Waals surface area (Å²) in [5.74, 6) is -0.803. The molecule has 114 valence electrons. The molecule has 2 rings (SSSR count). The highest BCUT2D eigenvalue weighted by Gasteiger charge is 2.27. The van der Waals surface area contributed by atoms with Crippen molar-refractivity contribution in [1.82, 2.24) is 5.32 Å². The molecule has 1 aromatic carbocycles. The maximum atomic E-state index is 12.3. The van der Waals surface area contributed by atoms with E-state index in [2.05, 4.69) is 12.2 Å². The van der Waals surface area contributed by atoms with Gasteiger partial charge in [-0.1, -0.05) is 19.4 Å². The van der Waals surface area contributed by atoms with Crippen molar-refractivity contribution in [2.75, 3.05) is 18.1 Å². The number of carbonyl (C=O) groups is 2. The van der Waals surface area contributed by atoms with Crippen molar-refractivity contribution >= 4 is 17.7 Å². The van der Waals surface area contributed by atoms with E-state index >= 15 is 0 Å². The summed E-state index contributed by atoms with van der Waals surface area (Å²) in [7, 11) is 0. The van der Waals surface area contributed by atoms with Gasteiger partial charge in [-0.25, -0.2) is 9.59 Å². The van der Waals surface area contributed by atoms with Gasteiger partial charge in [0.15, 0.2) is 5.75 Å². The van der Waals surface area contributed by atoms with E-state index in [0.717, 1.165) is 12.8 Å². The highest BCUT2D eigenvalue weighted by atomic mass is 16.5. The Morgan fingerprint density at radius 1 is 1.48 bits per heavy atom. The number of carboxylic acid groups (broad SMARTS) is 1. The zero-order chi connectivity index (χ0) is 15.4. The molecule has 0 saturated heterocycles. The molecule has 1 aromatic rings. The van der Waals surface area contributed by atoms with Gasteiger partial charge in [0.1, 0.15) is 12.2 Å². The number of aromatic carboxylic acids is 1. The highest BCUT2D eigenvalue weighted by Crippen LogP contribution is 2.35. The van der Waals surface area contributed by atoms with E-state index in [1.54, 1.807) is 12.1 Å². The third kappa shape index (κ3) is 3.26. The molecule has 0 radical (unpaired) electrons. The van der Waals surface area contributed by atoms with Crippen LogP contribution in [-0.4, -0.2) is 36.3 Å². The number of anilines is 1. The van der Waals surface area contributed by atoms with Crippen molar-refractivity contribution in [2.24, 2.45) is 0 Å². The number of carboxylic acids is 1. The molecule has 1 aliphatic heterocycles. The number of rotatable bonds is 4. The number of nitrogens with zero attached hydrogens (tertiary/aromatic N) is 1. The molecule has 21 heavy (non-hydrogen) atoms. The smallest absolute Gasteiger partial charge is 0.339 e. The number of carbonyl (C=O) groups excluding carboxylic acids is 1. The lowest BCUT2D eigenvalue weighted by atomic mass is 10.1. The average molecular weight is 292 g/mol. The van der Waals surface area contributed by atoms with E-state index in [1.807, 2.05) is 6.92 Å². The molecule has 0 aromatic heterocycles. The number of hydrogen-bond acceptors (Lipinski definition) is 3. The van der Waals surface area contributed by atoms with Crippen LogP contribution in [0.2, 0.25) is 0 Å². The van der Waals surface area contributed by atoms with E-state index in [0.29, 0.717) is 12.2 Å². The molecule has 6 nitrogen and oxygen atoms in total. The van der Waals surface area contributed by atoms with Gasteiger partial charge in [0, 0.05) is 6.04 Å². The van der Waals surface area contributed by atoms with Gasteiger partial charge >= 0.3 is 12.0 Å². The Bertz CT molecular complexity index is 544. The largest absolute Gasteiger partial charge is 0.489 e. The maximum Gasteiger partial charge on any atom is 0.339 e. The van der Waals surface area contributed by atoms with E-state index < -0.39 is 5.97 Å². The molecular formula is C15H20N2O4. The van der Waals surface area contributed by atoms with Gasteiger partial charge in [-0.2, -0.15) is 0 Å². The predicted molar refractivity (Wildman–Crippen MR) is 79.1 cm³/mol. The lowest BCUT2D eigenvalue weighted by molar-refractivity contribution is 0.0692. The summed E-state index contributed by atoms with van der Waals surface area (Å²) >= 11 is 0. The summed E-state index contributed by atoms with van der Waals surface area (Å²) in [6.07, 6.45) is 1.89. The van der Waals surface area contributed by atoms with Crippen molar-refractivity contribution in [3.8, 4) is 5.75 Å². The van der Waals surface area contributed by atoms with Crippen molar-refractivity contribution in [1.29, 1.82) is 0 Å². The van der Waals surface area contributed by atoms with Crippen LogP contribution in [0.15, 0.2) is 18.2 Å². The number of para-hydroxylation sites is 1. The van der Waals surface area contributed by atoms with Crippen LogP contribution in [0.4, 0.5) is 10.5 Å². The Morgan fingerprint density at radius 2 is 2.24 bits per heavy atom. The molecule has 1 unspecified atom stereocenters. The third-order valence-electron chi connectivity index (χ3n) is 3.41. The summed E-state index contributed by atoms with van der Waals surface area (Å²) in [5.41, 5.74) is 0.578. The number of benzene rings is 1. The Labute approximate surface area is 123 Å². The van der Waals surface area contributed by atoms with Crippen molar-refractivity contribution in [2.45, 2.75) is 32.7 Å². The zero-order valence-corrected chi connectivity index (χ0v) is 12.3. The normalized spacial score (nSPS) is 14.9. The van der Waals surface area contributed by atoms with Gasteiger partial charge in [0.25, 0.3) is 0 Å². The molecule has 6 heteroatoms. The average Bonchev–Trinajstić information content (AvgIpc) is 2.45. The van der Waals surface area contributed by atoms with Gasteiger partial charge < -0.3 is 15.2 Å². The van der Waals surface area contributed by atoms with Gasteiger partial charge in [0.2, 0.25) is 0 Å². The second-order valence-electron chi connectivity index (χ2n) is 5.10.